The number of nitro groups is 1. The average molecular weight is 477 g/mol. The van der Waals surface area contributed by atoms with Gasteiger partial charge in [0.1, 0.15) is 17.2 Å². The second-order valence-electron chi connectivity index (χ2n) is 8.42. The summed E-state index contributed by atoms with van der Waals surface area (Å²) in [4.78, 5) is 23.9. The number of anilines is 1. The largest absolute Gasteiger partial charge is 0.319 e. The summed E-state index contributed by atoms with van der Waals surface area (Å²) >= 11 is 0. The van der Waals surface area contributed by atoms with Gasteiger partial charge in [0.25, 0.3) is 5.91 Å². The van der Waals surface area contributed by atoms with Gasteiger partial charge in [0, 0.05) is 5.56 Å². The Morgan fingerprint density at radius 2 is 1.57 bits per heavy atom. The minimum Gasteiger partial charge on any atom is -0.319 e. The van der Waals surface area contributed by atoms with Gasteiger partial charge in [0.2, 0.25) is 0 Å². The Labute approximate surface area is 201 Å². The van der Waals surface area contributed by atoms with Crippen molar-refractivity contribution in [3.05, 3.63) is 104 Å². The maximum atomic E-state index is 13.2. The minimum atomic E-state index is -0.432. The summed E-state index contributed by atoms with van der Waals surface area (Å²) in [5, 5.41) is 23.0. The first-order valence-electron chi connectivity index (χ1n) is 11.0. The van der Waals surface area contributed by atoms with Gasteiger partial charge in [0.15, 0.2) is 0 Å². The molecule has 0 bridgehead atoms. The number of nitrogens with zero attached hydrogens (tertiary/aromatic N) is 5. The van der Waals surface area contributed by atoms with Gasteiger partial charge in [-0.3, -0.25) is 24.3 Å². The Morgan fingerprint density at radius 1 is 0.943 bits per heavy atom. The molecule has 1 N–H and O–H groups in total. The van der Waals surface area contributed by atoms with Gasteiger partial charge < -0.3 is 5.32 Å². The van der Waals surface area contributed by atoms with E-state index in [1.165, 1.54) is 12.1 Å². The first-order valence-corrected chi connectivity index (χ1v) is 11.0. The van der Waals surface area contributed by atoms with Gasteiger partial charge in [-0.05, 0) is 63.1 Å². The quantitative estimate of drug-likeness (QED) is 0.307. The molecule has 0 saturated heterocycles. The lowest BCUT2D eigenvalue weighted by molar-refractivity contribution is -0.386. The first-order chi connectivity index (χ1) is 16.6. The van der Waals surface area contributed by atoms with Crippen LogP contribution in [0.2, 0.25) is 0 Å². The summed E-state index contributed by atoms with van der Waals surface area (Å²) in [5.74, 6) is -0.591. The van der Waals surface area contributed by atoms with E-state index in [-0.39, 0.29) is 17.4 Å². The van der Waals surface area contributed by atoms with E-state index in [1.54, 1.807) is 53.5 Å². The van der Waals surface area contributed by atoms with E-state index in [0.717, 1.165) is 16.8 Å². The smallest absolute Gasteiger partial charge is 0.312 e. The van der Waals surface area contributed by atoms with Crippen molar-refractivity contribution >= 4 is 17.3 Å². The monoisotopic (exact) mass is 476 g/mol. The molecule has 0 spiro atoms. The molecule has 0 aliphatic heterocycles. The Balaban J connectivity index is 1.52. The van der Waals surface area contributed by atoms with Gasteiger partial charge in [-0.25, -0.2) is 4.39 Å². The SMILES string of the molecule is Cc1nn(Cc2ccc(F)cc2)c(C)c1NC(=O)c1cccc(Cn2nc(C)c([N+](=O)[O-])c2C)c1. The van der Waals surface area contributed by atoms with Crippen LogP contribution in [0, 0.1) is 43.6 Å². The number of hydrogen-bond acceptors (Lipinski definition) is 5. The molecule has 35 heavy (non-hydrogen) atoms. The van der Waals surface area contributed by atoms with E-state index in [2.05, 4.69) is 15.5 Å². The maximum absolute atomic E-state index is 13.2. The molecule has 4 rings (SSSR count). The highest BCUT2D eigenvalue weighted by atomic mass is 19.1. The lowest BCUT2D eigenvalue weighted by Gasteiger charge is -2.09. The van der Waals surface area contributed by atoms with Crippen molar-refractivity contribution in [3.8, 4) is 0 Å². The predicted molar refractivity (Wildman–Crippen MR) is 129 cm³/mol. The van der Waals surface area contributed by atoms with Crippen LogP contribution in [0.3, 0.4) is 0 Å². The Bertz CT molecular complexity index is 1420. The van der Waals surface area contributed by atoms with Gasteiger partial charge in [-0.2, -0.15) is 10.2 Å². The van der Waals surface area contributed by atoms with Gasteiger partial charge in [-0.15, -0.1) is 0 Å². The molecule has 0 aliphatic carbocycles. The van der Waals surface area contributed by atoms with Crippen LogP contribution in [0.5, 0.6) is 0 Å². The summed E-state index contributed by atoms with van der Waals surface area (Å²) in [6.07, 6.45) is 0. The van der Waals surface area contributed by atoms with Gasteiger partial charge in [-0.1, -0.05) is 24.3 Å². The molecule has 1 amide bonds. The van der Waals surface area contributed by atoms with Crippen molar-refractivity contribution in [2.75, 3.05) is 5.32 Å². The summed E-state index contributed by atoms with van der Waals surface area (Å²) < 4.78 is 16.5. The number of hydrogen-bond donors (Lipinski definition) is 1. The third kappa shape index (κ3) is 4.96. The molecule has 2 heterocycles. The van der Waals surface area contributed by atoms with Gasteiger partial charge in [0.05, 0.1) is 35.1 Å². The lowest BCUT2D eigenvalue weighted by atomic mass is 10.1. The number of rotatable bonds is 7. The summed E-state index contributed by atoms with van der Waals surface area (Å²) in [7, 11) is 0. The minimum absolute atomic E-state index is 0.00231. The second kappa shape index (κ2) is 9.49. The van der Waals surface area contributed by atoms with Crippen molar-refractivity contribution in [2.45, 2.75) is 40.8 Å². The fraction of sp³-hybridized carbons (Fsp3) is 0.240. The van der Waals surface area contributed by atoms with Crippen molar-refractivity contribution < 1.29 is 14.1 Å². The van der Waals surface area contributed by atoms with Crippen LogP contribution in [-0.4, -0.2) is 30.4 Å². The zero-order valence-electron chi connectivity index (χ0n) is 19.9. The van der Waals surface area contributed by atoms with Crippen LogP contribution >= 0.6 is 0 Å². The number of carbonyl (C=O) groups is 1. The van der Waals surface area contributed by atoms with E-state index in [9.17, 15) is 19.3 Å². The van der Waals surface area contributed by atoms with E-state index in [4.69, 9.17) is 0 Å². The van der Waals surface area contributed by atoms with E-state index in [0.29, 0.717) is 41.4 Å². The first kappa shape index (κ1) is 23.8. The second-order valence-corrected chi connectivity index (χ2v) is 8.42. The third-order valence-electron chi connectivity index (χ3n) is 5.91. The van der Waals surface area contributed by atoms with Crippen LogP contribution in [0.4, 0.5) is 15.8 Å². The molecule has 0 saturated carbocycles. The van der Waals surface area contributed by atoms with Crippen LogP contribution in [-0.2, 0) is 13.1 Å². The summed E-state index contributed by atoms with van der Waals surface area (Å²) in [5.41, 5.74) is 5.02. The summed E-state index contributed by atoms with van der Waals surface area (Å²) in [6, 6.07) is 13.3. The van der Waals surface area contributed by atoms with Gasteiger partial charge >= 0.3 is 5.69 Å². The highest BCUT2D eigenvalue weighted by Gasteiger charge is 2.22. The highest BCUT2D eigenvalue weighted by molar-refractivity contribution is 6.05. The van der Waals surface area contributed by atoms with E-state index in [1.807, 2.05) is 19.9 Å². The van der Waals surface area contributed by atoms with E-state index >= 15 is 0 Å². The fourth-order valence-corrected chi connectivity index (χ4v) is 4.07. The van der Waals surface area contributed by atoms with Crippen molar-refractivity contribution in [1.82, 2.24) is 19.6 Å². The standard InChI is InChI=1S/C25H25FN6O3/c1-15-23(17(3)30(28-15)13-19-8-10-22(26)11-9-19)27-25(33)21-7-5-6-20(12-21)14-31-18(4)24(32(34)35)16(2)29-31/h5-12H,13-14H2,1-4H3,(H,27,33). The molecule has 180 valence electrons. The Kier molecular flexibility index (Phi) is 6.46. The number of aryl methyl sites for hydroxylation is 2. The molecule has 0 unspecified atom stereocenters. The topological polar surface area (TPSA) is 108 Å². The van der Waals surface area contributed by atoms with E-state index < -0.39 is 4.92 Å². The summed E-state index contributed by atoms with van der Waals surface area (Å²) in [6.45, 7) is 7.69. The van der Waals surface area contributed by atoms with Crippen molar-refractivity contribution in [1.29, 1.82) is 0 Å². The lowest BCUT2D eigenvalue weighted by Crippen LogP contribution is -2.14. The predicted octanol–water partition coefficient (Wildman–Crippen LogP) is 4.71. The third-order valence-corrected chi connectivity index (χ3v) is 5.91. The molecule has 9 nitrogen and oxygen atoms in total. The Hall–Kier alpha value is -4.34. The zero-order chi connectivity index (χ0) is 25.3. The van der Waals surface area contributed by atoms with Crippen LogP contribution in [0.1, 0.15) is 44.3 Å². The Morgan fingerprint density at radius 3 is 2.23 bits per heavy atom. The normalized spacial score (nSPS) is 11.0. The fourth-order valence-electron chi connectivity index (χ4n) is 4.07. The molecular formula is C25H25FN6O3. The average Bonchev–Trinajstić information content (AvgIpc) is 3.24. The molecule has 0 fully saturated rings. The van der Waals surface area contributed by atoms with Crippen LogP contribution in [0.15, 0.2) is 48.5 Å². The molecule has 0 atom stereocenters. The number of benzene rings is 2. The number of carbonyl (C=O) groups excluding carboxylic acids is 1. The molecule has 0 aliphatic rings. The molecule has 0 radical (unpaired) electrons. The number of amides is 1. The molecule has 10 heteroatoms. The molecule has 2 aromatic carbocycles. The molecular weight excluding hydrogens is 451 g/mol. The van der Waals surface area contributed by atoms with Crippen molar-refractivity contribution in [3.63, 3.8) is 0 Å². The highest BCUT2D eigenvalue weighted by Crippen LogP contribution is 2.24. The number of nitrogens with one attached hydrogen (secondary N) is 1. The number of aromatic nitrogens is 4. The van der Waals surface area contributed by atoms with Crippen LogP contribution in [0.25, 0.3) is 0 Å². The number of halogens is 1. The molecule has 2 aromatic heterocycles. The maximum Gasteiger partial charge on any atom is 0.312 e. The van der Waals surface area contributed by atoms with Crippen molar-refractivity contribution in [2.24, 2.45) is 0 Å². The molecule has 4 aromatic rings. The zero-order valence-corrected chi connectivity index (χ0v) is 19.9. The van der Waals surface area contributed by atoms with Crippen LogP contribution < -0.4 is 5.32 Å².